The van der Waals surface area contributed by atoms with Gasteiger partial charge >= 0.3 is 0 Å². The third-order valence-electron chi connectivity index (χ3n) is 5.10. The summed E-state index contributed by atoms with van der Waals surface area (Å²) in [5, 5.41) is 0. The van der Waals surface area contributed by atoms with Gasteiger partial charge in [-0.15, -0.1) is 0 Å². The van der Waals surface area contributed by atoms with Gasteiger partial charge in [-0.05, 0) is 56.4 Å². The Morgan fingerprint density at radius 1 is 1.11 bits per heavy atom. The maximum Gasteiger partial charge on any atom is 0.276 e. The first kappa shape index (κ1) is 19.6. The van der Waals surface area contributed by atoms with Gasteiger partial charge < -0.3 is 14.4 Å². The third-order valence-corrected chi connectivity index (χ3v) is 5.10. The van der Waals surface area contributed by atoms with Crippen molar-refractivity contribution in [1.29, 1.82) is 0 Å². The molecule has 1 saturated heterocycles. The van der Waals surface area contributed by atoms with E-state index in [2.05, 4.69) is 30.8 Å². The second-order valence-electron chi connectivity index (χ2n) is 7.58. The lowest BCUT2D eigenvalue weighted by Gasteiger charge is -2.32. The van der Waals surface area contributed by atoms with Crippen LogP contribution in [-0.4, -0.2) is 50.3 Å². The highest BCUT2D eigenvalue weighted by molar-refractivity contribution is 5.82. The molecule has 7 heteroatoms. The molecule has 1 heterocycles. The summed E-state index contributed by atoms with van der Waals surface area (Å²) in [4.78, 5) is 25.2. The molecule has 2 amide bonds. The van der Waals surface area contributed by atoms with E-state index in [1.165, 1.54) is 22.4 Å². The Kier molecular flexibility index (Phi) is 6.68. The summed E-state index contributed by atoms with van der Waals surface area (Å²) in [5.41, 5.74) is 7.54. The van der Waals surface area contributed by atoms with E-state index in [9.17, 15) is 9.59 Å². The minimum absolute atomic E-state index is 0.122. The number of carbonyl (C=O) groups excluding carboxylic acids is 2. The SMILES string of the molecule is C[C@@H]1C[NH+](CCC(=O)NNC(=O)COc2ccc3c(c2)CCC3)C[C@H](C)O1. The predicted octanol–water partition coefficient (Wildman–Crippen LogP) is -0.216. The summed E-state index contributed by atoms with van der Waals surface area (Å²) in [6.07, 6.45) is 4.14. The molecule has 7 nitrogen and oxygen atoms in total. The first-order chi connectivity index (χ1) is 13.0. The summed E-state index contributed by atoms with van der Waals surface area (Å²) in [7, 11) is 0. The van der Waals surface area contributed by atoms with E-state index < -0.39 is 0 Å². The number of ether oxygens (including phenoxy) is 2. The Labute approximate surface area is 160 Å². The monoisotopic (exact) mass is 376 g/mol. The summed E-state index contributed by atoms with van der Waals surface area (Å²) < 4.78 is 11.2. The van der Waals surface area contributed by atoms with Crippen molar-refractivity contribution in [3.8, 4) is 5.75 Å². The molecule has 1 fully saturated rings. The van der Waals surface area contributed by atoms with Gasteiger partial charge in [0.05, 0.1) is 13.0 Å². The second-order valence-corrected chi connectivity index (χ2v) is 7.58. The Morgan fingerprint density at radius 3 is 2.59 bits per heavy atom. The fraction of sp³-hybridized carbons (Fsp3) is 0.600. The second kappa shape index (κ2) is 9.19. The molecule has 1 unspecified atom stereocenters. The molecule has 1 aromatic rings. The lowest BCUT2D eigenvalue weighted by atomic mass is 10.1. The van der Waals surface area contributed by atoms with E-state index in [-0.39, 0.29) is 30.6 Å². The number of quaternary nitrogens is 1. The van der Waals surface area contributed by atoms with Crippen LogP contribution >= 0.6 is 0 Å². The van der Waals surface area contributed by atoms with Crippen LogP contribution in [0.5, 0.6) is 5.75 Å². The van der Waals surface area contributed by atoms with E-state index in [0.717, 1.165) is 32.5 Å². The summed E-state index contributed by atoms with van der Waals surface area (Å²) >= 11 is 0. The van der Waals surface area contributed by atoms with E-state index in [1.54, 1.807) is 0 Å². The summed E-state index contributed by atoms with van der Waals surface area (Å²) in [6.45, 7) is 6.51. The molecule has 0 spiro atoms. The highest BCUT2D eigenvalue weighted by Gasteiger charge is 2.25. The minimum Gasteiger partial charge on any atom is -0.484 e. The number of carbonyl (C=O) groups is 2. The number of nitrogens with one attached hydrogen (secondary N) is 3. The Balaban J connectivity index is 1.32. The average molecular weight is 376 g/mol. The standard InChI is InChI=1S/C20H29N3O4/c1-14-11-23(12-15(2)27-14)9-8-19(24)21-22-20(25)13-26-18-7-6-16-4-3-5-17(16)10-18/h6-7,10,14-15H,3-5,8-9,11-13H2,1-2H3,(H,21,24)(H,22,25)/p+1/t14-,15+. The number of hydrogen-bond acceptors (Lipinski definition) is 4. The number of fused-ring (bicyclic) bond motifs is 1. The zero-order chi connectivity index (χ0) is 19.2. The van der Waals surface area contributed by atoms with E-state index in [1.807, 2.05) is 12.1 Å². The van der Waals surface area contributed by atoms with Crippen LogP contribution in [0.4, 0.5) is 0 Å². The van der Waals surface area contributed by atoms with Crippen LogP contribution < -0.4 is 20.5 Å². The van der Waals surface area contributed by atoms with Crippen molar-refractivity contribution >= 4 is 11.8 Å². The number of hydrogen-bond donors (Lipinski definition) is 3. The molecule has 27 heavy (non-hydrogen) atoms. The maximum absolute atomic E-state index is 11.9. The number of amides is 2. The summed E-state index contributed by atoms with van der Waals surface area (Å²) in [6, 6.07) is 5.96. The Hall–Kier alpha value is -2.12. The van der Waals surface area contributed by atoms with Crippen LogP contribution in [0.3, 0.4) is 0 Å². The van der Waals surface area contributed by atoms with Crippen molar-refractivity contribution in [1.82, 2.24) is 10.9 Å². The molecule has 3 atom stereocenters. The van der Waals surface area contributed by atoms with Crippen LogP contribution in [0.25, 0.3) is 0 Å². The predicted molar refractivity (Wildman–Crippen MR) is 100 cm³/mol. The number of aryl methyl sites for hydroxylation is 2. The molecule has 148 valence electrons. The maximum atomic E-state index is 11.9. The Morgan fingerprint density at radius 2 is 1.81 bits per heavy atom. The van der Waals surface area contributed by atoms with Crippen molar-refractivity contribution < 1.29 is 24.0 Å². The zero-order valence-corrected chi connectivity index (χ0v) is 16.2. The van der Waals surface area contributed by atoms with Crippen molar-refractivity contribution in [3.05, 3.63) is 29.3 Å². The first-order valence-electron chi connectivity index (χ1n) is 9.81. The molecule has 1 aliphatic heterocycles. The van der Waals surface area contributed by atoms with Crippen molar-refractivity contribution in [3.63, 3.8) is 0 Å². The number of hydrazine groups is 1. The molecular weight excluding hydrogens is 346 g/mol. The van der Waals surface area contributed by atoms with Gasteiger partial charge in [-0.3, -0.25) is 20.4 Å². The van der Waals surface area contributed by atoms with Gasteiger partial charge in [-0.25, -0.2) is 0 Å². The quantitative estimate of drug-likeness (QED) is 0.600. The van der Waals surface area contributed by atoms with Gasteiger partial charge in [0.2, 0.25) is 5.91 Å². The largest absolute Gasteiger partial charge is 0.484 e. The molecule has 3 rings (SSSR count). The molecular formula is C20H30N3O4+. The van der Waals surface area contributed by atoms with Crippen molar-refractivity contribution in [2.45, 2.75) is 51.7 Å². The molecule has 1 aliphatic carbocycles. The van der Waals surface area contributed by atoms with Gasteiger partial charge in [-0.2, -0.15) is 0 Å². The Bertz CT molecular complexity index is 669. The van der Waals surface area contributed by atoms with Gasteiger partial charge in [0, 0.05) is 0 Å². The van der Waals surface area contributed by atoms with Crippen LogP contribution in [0.1, 0.15) is 37.8 Å². The van der Waals surface area contributed by atoms with Gasteiger partial charge in [0.1, 0.15) is 31.0 Å². The lowest BCUT2D eigenvalue weighted by molar-refractivity contribution is -0.914. The van der Waals surface area contributed by atoms with Gasteiger partial charge in [0.25, 0.3) is 5.91 Å². The molecule has 0 bridgehead atoms. The van der Waals surface area contributed by atoms with Gasteiger partial charge in [0.15, 0.2) is 6.61 Å². The fourth-order valence-corrected chi connectivity index (χ4v) is 3.91. The van der Waals surface area contributed by atoms with E-state index in [0.29, 0.717) is 12.2 Å². The van der Waals surface area contributed by atoms with Crippen LogP contribution in [0.15, 0.2) is 18.2 Å². The average Bonchev–Trinajstić information content (AvgIpc) is 3.10. The van der Waals surface area contributed by atoms with Crippen LogP contribution in [0.2, 0.25) is 0 Å². The molecule has 0 aromatic heterocycles. The molecule has 0 saturated carbocycles. The first-order valence-corrected chi connectivity index (χ1v) is 9.81. The van der Waals surface area contributed by atoms with Crippen LogP contribution in [-0.2, 0) is 27.2 Å². The number of benzene rings is 1. The van der Waals surface area contributed by atoms with E-state index in [4.69, 9.17) is 9.47 Å². The van der Waals surface area contributed by atoms with E-state index >= 15 is 0 Å². The highest BCUT2D eigenvalue weighted by Crippen LogP contribution is 2.25. The zero-order valence-electron chi connectivity index (χ0n) is 16.2. The molecule has 1 aromatic carbocycles. The van der Waals surface area contributed by atoms with Crippen LogP contribution in [0, 0.1) is 0 Å². The normalized spacial score (nSPS) is 24.1. The number of morpholine rings is 1. The fourth-order valence-electron chi connectivity index (χ4n) is 3.91. The van der Waals surface area contributed by atoms with Crippen molar-refractivity contribution in [2.75, 3.05) is 26.2 Å². The topological polar surface area (TPSA) is 81.1 Å². The molecule has 0 radical (unpaired) electrons. The molecule has 2 aliphatic rings. The smallest absolute Gasteiger partial charge is 0.276 e. The molecule has 3 N–H and O–H groups in total. The third kappa shape index (κ3) is 5.94. The van der Waals surface area contributed by atoms with Gasteiger partial charge in [-0.1, -0.05) is 6.07 Å². The minimum atomic E-state index is -0.371. The highest BCUT2D eigenvalue weighted by atomic mass is 16.5. The lowest BCUT2D eigenvalue weighted by Crippen LogP contribution is -3.15. The van der Waals surface area contributed by atoms with Crippen molar-refractivity contribution in [2.24, 2.45) is 0 Å². The summed E-state index contributed by atoms with van der Waals surface area (Å²) in [5.74, 6) is 0.126. The number of rotatable bonds is 6.